The third-order valence-electron chi connectivity index (χ3n) is 6.57. The number of hydrogen-bond donors (Lipinski definition) is 0. The van der Waals surface area contributed by atoms with Crippen molar-refractivity contribution in [1.29, 1.82) is 0 Å². The predicted molar refractivity (Wildman–Crippen MR) is 158 cm³/mol. The largest absolute Gasteiger partial charge is 0.458 e. The lowest BCUT2D eigenvalue weighted by atomic mass is 10.1. The Morgan fingerprint density at radius 3 is 1.49 bits per heavy atom. The Bertz CT molecular complexity index is 1690. The van der Waals surface area contributed by atoms with Crippen LogP contribution < -0.4 is 0 Å². The van der Waals surface area contributed by atoms with E-state index < -0.39 is 60.5 Å². The second kappa shape index (κ2) is 14.4. The fourth-order valence-corrected chi connectivity index (χ4v) is 4.32. The molecule has 1 aliphatic heterocycles. The molecular formula is C35H26O10. The van der Waals surface area contributed by atoms with Gasteiger partial charge in [0.25, 0.3) is 0 Å². The van der Waals surface area contributed by atoms with Gasteiger partial charge in [-0.3, -0.25) is 0 Å². The van der Waals surface area contributed by atoms with Crippen molar-refractivity contribution in [1.82, 2.24) is 0 Å². The first kappa shape index (κ1) is 30.4. The van der Waals surface area contributed by atoms with Crippen molar-refractivity contribution in [2.75, 3.05) is 6.61 Å². The van der Waals surface area contributed by atoms with E-state index in [2.05, 4.69) is 0 Å². The molecule has 1 aliphatic rings. The first-order chi connectivity index (χ1) is 21.9. The summed E-state index contributed by atoms with van der Waals surface area (Å²) in [5, 5.41) is 0. The van der Waals surface area contributed by atoms with Gasteiger partial charge in [0.05, 0.1) is 22.3 Å². The highest BCUT2D eigenvalue weighted by Crippen LogP contribution is 2.26. The highest BCUT2D eigenvalue weighted by molar-refractivity contribution is 5.97. The van der Waals surface area contributed by atoms with Gasteiger partial charge in [-0.2, -0.15) is 0 Å². The van der Waals surface area contributed by atoms with Crippen molar-refractivity contribution in [3.8, 4) is 0 Å². The second-order valence-electron chi connectivity index (χ2n) is 9.67. The van der Waals surface area contributed by atoms with Gasteiger partial charge in [0.1, 0.15) is 6.61 Å². The molecule has 10 nitrogen and oxygen atoms in total. The predicted octanol–water partition coefficient (Wildman–Crippen LogP) is 4.96. The fraction of sp³-hybridized carbons (Fsp3) is 0.114. The first-order valence-corrected chi connectivity index (χ1v) is 13.8. The van der Waals surface area contributed by atoms with Gasteiger partial charge < -0.3 is 23.7 Å². The summed E-state index contributed by atoms with van der Waals surface area (Å²) in [6.07, 6.45) is -3.26. The average Bonchev–Trinajstić information content (AvgIpc) is 3.45. The van der Waals surface area contributed by atoms with Gasteiger partial charge in [0.2, 0.25) is 5.76 Å². The molecule has 4 aromatic carbocycles. The maximum Gasteiger partial charge on any atom is 0.374 e. The van der Waals surface area contributed by atoms with Gasteiger partial charge in [0, 0.05) is 6.08 Å². The van der Waals surface area contributed by atoms with Crippen LogP contribution in [0.1, 0.15) is 41.4 Å². The van der Waals surface area contributed by atoms with Gasteiger partial charge >= 0.3 is 29.8 Å². The molecule has 5 rings (SSSR count). The summed E-state index contributed by atoms with van der Waals surface area (Å²) in [6.45, 7) is -0.583. The number of hydrogen-bond acceptors (Lipinski definition) is 10. The standard InChI is InChI=1S/C35H26O10/c36-31(23-13-5-1-6-14-23)41-22-29(44-33(38)25-17-9-3-10-18-25)30(45-34(39)26-19-11-4-12-20-26)27-21-28(35(40)42-27)43-32(37)24-15-7-2-8-16-24/h1-21,27,29-30H,22H2/t27-,29-,30+/m1/s1. The van der Waals surface area contributed by atoms with E-state index in [4.69, 9.17) is 23.7 Å². The highest BCUT2D eigenvalue weighted by Gasteiger charge is 2.43. The minimum Gasteiger partial charge on any atom is -0.458 e. The Labute approximate surface area is 257 Å². The van der Waals surface area contributed by atoms with Crippen LogP contribution in [-0.2, 0) is 28.5 Å². The Balaban J connectivity index is 1.46. The van der Waals surface area contributed by atoms with E-state index in [1.165, 1.54) is 48.5 Å². The zero-order valence-corrected chi connectivity index (χ0v) is 23.6. The van der Waals surface area contributed by atoms with Crippen molar-refractivity contribution in [2.24, 2.45) is 0 Å². The molecule has 0 fully saturated rings. The molecule has 4 aromatic rings. The maximum absolute atomic E-state index is 13.2. The van der Waals surface area contributed by atoms with E-state index in [-0.39, 0.29) is 22.3 Å². The lowest BCUT2D eigenvalue weighted by molar-refractivity contribution is -0.151. The summed E-state index contributed by atoms with van der Waals surface area (Å²) in [4.78, 5) is 64.7. The molecule has 0 amide bonds. The van der Waals surface area contributed by atoms with Gasteiger partial charge in [-0.05, 0) is 48.5 Å². The van der Waals surface area contributed by atoms with Gasteiger partial charge in [-0.1, -0.05) is 72.8 Å². The van der Waals surface area contributed by atoms with Crippen molar-refractivity contribution in [2.45, 2.75) is 18.3 Å². The van der Waals surface area contributed by atoms with Crippen LogP contribution in [0.4, 0.5) is 0 Å². The Morgan fingerprint density at radius 2 is 1.00 bits per heavy atom. The van der Waals surface area contributed by atoms with Crippen LogP contribution in [0.25, 0.3) is 0 Å². The summed E-state index contributed by atoms with van der Waals surface area (Å²) in [5.74, 6) is -4.68. The van der Waals surface area contributed by atoms with Gasteiger partial charge in [0.15, 0.2) is 18.3 Å². The molecule has 0 saturated heterocycles. The number of carbonyl (C=O) groups excluding carboxylic acids is 5. The SMILES string of the molecule is O=C1O[C@@H]([C@H](OC(=O)c2ccccc2)[C@@H](COC(=O)c2ccccc2)OC(=O)c2ccccc2)C=C1OC(=O)c1ccccc1. The molecule has 0 aromatic heterocycles. The molecular weight excluding hydrogens is 580 g/mol. The molecule has 226 valence electrons. The number of rotatable bonds is 11. The number of benzene rings is 4. The highest BCUT2D eigenvalue weighted by atomic mass is 16.6. The molecule has 0 bridgehead atoms. The lowest BCUT2D eigenvalue weighted by Crippen LogP contribution is -2.46. The van der Waals surface area contributed by atoms with Crippen LogP contribution >= 0.6 is 0 Å². The Morgan fingerprint density at radius 1 is 0.578 bits per heavy atom. The minimum absolute atomic E-state index is 0.154. The fourth-order valence-electron chi connectivity index (χ4n) is 4.32. The molecule has 0 N–H and O–H groups in total. The Hall–Kier alpha value is -6.03. The zero-order valence-electron chi connectivity index (χ0n) is 23.6. The third-order valence-corrected chi connectivity index (χ3v) is 6.57. The molecule has 0 aliphatic carbocycles. The summed E-state index contributed by atoms with van der Waals surface area (Å²) >= 11 is 0. The normalized spacial score (nSPS) is 15.1. The van der Waals surface area contributed by atoms with E-state index in [1.54, 1.807) is 72.8 Å². The molecule has 0 radical (unpaired) electrons. The summed E-state index contributed by atoms with van der Waals surface area (Å²) in [7, 11) is 0. The third kappa shape index (κ3) is 7.88. The quantitative estimate of drug-likeness (QED) is 0.170. The smallest absolute Gasteiger partial charge is 0.374 e. The maximum atomic E-state index is 13.2. The zero-order chi connectivity index (χ0) is 31.6. The molecule has 1 heterocycles. The molecule has 0 unspecified atom stereocenters. The van der Waals surface area contributed by atoms with E-state index in [1.807, 2.05) is 0 Å². The van der Waals surface area contributed by atoms with Gasteiger partial charge in [-0.25, -0.2) is 24.0 Å². The molecule has 45 heavy (non-hydrogen) atoms. The summed E-state index contributed by atoms with van der Waals surface area (Å²) < 4.78 is 27.7. The summed E-state index contributed by atoms with van der Waals surface area (Å²) in [5.41, 5.74) is 0.734. The molecule has 0 saturated carbocycles. The monoisotopic (exact) mass is 606 g/mol. The molecule has 10 heteroatoms. The summed E-state index contributed by atoms with van der Waals surface area (Å²) in [6, 6.07) is 32.0. The number of carbonyl (C=O) groups is 5. The van der Waals surface area contributed by atoms with Crippen LogP contribution in [0, 0.1) is 0 Å². The number of cyclic esters (lactones) is 1. The van der Waals surface area contributed by atoms with Crippen LogP contribution in [0.15, 0.2) is 133 Å². The molecule has 3 atom stereocenters. The van der Waals surface area contributed by atoms with Crippen LogP contribution in [0.5, 0.6) is 0 Å². The van der Waals surface area contributed by atoms with E-state index in [0.717, 1.165) is 6.08 Å². The Kier molecular flexibility index (Phi) is 9.76. The van der Waals surface area contributed by atoms with Crippen molar-refractivity contribution >= 4 is 29.8 Å². The topological polar surface area (TPSA) is 132 Å². The average molecular weight is 607 g/mol. The van der Waals surface area contributed by atoms with Gasteiger partial charge in [-0.15, -0.1) is 0 Å². The van der Waals surface area contributed by atoms with Crippen molar-refractivity contribution in [3.05, 3.63) is 155 Å². The second-order valence-corrected chi connectivity index (χ2v) is 9.67. The first-order valence-electron chi connectivity index (χ1n) is 13.8. The number of ether oxygens (including phenoxy) is 5. The van der Waals surface area contributed by atoms with E-state index in [9.17, 15) is 24.0 Å². The van der Waals surface area contributed by atoms with Crippen molar-refractivity contribution in [3.63, 3.8) is 0 Å². The van der Waals surface area contributed by atoms with Crippen LogP contribution in [0.3, 0.4) is 0 Å². The van der Waals surface area contributed by atoms with Crippen molar-refractivity contribution < 1.29 is 47.7 Å². The molecule has 0 spiro atoms. The van der Waals surface area contributed by atoms with Crippen LogP contribution in [-0.4, -0.2) is 54.8 Å². The minimum atomic E-state index is -1.54. The lowest BCUT2D eigenvalue weighted by Gasteiger charge is -2.29. The number of esters is 5. The van der Waals surface area contributed by atoms with Crippen LogP contribution in [0.2, 0.25) is 0 Å². The van der Waals surface area contributed by atoms with E-state index in [0.29, 0.717) is 0 Å². The van der Waals surface area contributed by atoms with E-state index >= 15 is 0 Å².